The third-order valence-corrected chi connectivity index (χ3v) is 4.70. The Labute approximate surface area is 191 Å². The molecule has 2 rings (SSSR count). The van der Waals surface area contributed by atoms with Gasteiger partial charge in [-0.3, -0.25) is 4.79 Å². The molecule has 0 spiro atoms. The number of likely N-dealkylation sites (tertiary alicyclic amines) is 1. The van der Waals surface area contributed by atoms with Gasteiger partial charge in [0, 0.05) is 32.6 Å². The van der Waals surface area contributed by atoms with Crippen molar-refractivity contribution in [3.8, 4) is 0 Å². The van der Waals surface area contributed by atoms with E-state index in [1.165, 1.54) is 0 Å². The molecule has 2 N–H and O–H groups in total. The van der Waals surface area contributed by atoms with Gasteiger partial charge >= 0.3 is 6.18 Å². The summed E-state index contributed by atoms with van der Waals surface area (Å²) < 4.78 is 52.5. The Morgan fingerprint density at radius 1 is 1.20 bits per heavy atom. The molecule has 1 aliphatic rings. The molecule has 1 heterocycles. The standard InChI is InChI=1S/C20H28F4N4O.HI/c1-2-25-19(26-10-6-12-28-11-5-3-4-7-18(28)29)27-14-15-8-9-16(21)13-17(15)20(22,23)24;/h8-9,13H,2-7,10-12,14H2,1H3,(H2,25,26,27);1H. The van der Waals surface area contributed by atoms with Gasteiger partial charge < -0.3 is 15.5 Å². The summed E-state index contributed by atoms with van der Waals surface area (Å²) in [5, 5.41) is 6.06. The number of guanidine groups is 1. The van der Waals surface area contributed by atoms with Crippen LogP contribution in [0.1, 0.15) is 50.2 Å². The number of nitrogens with one attached hydrogen (secondary N) is 2. The Morgan fingerprint density at radius 3 is 2.67 bits per heavy atom. The average Bonchev–Trinajstić information content (AvgIpc) is 2.87. The first-order valence-corrected chi connectivity index (χ1v) is 9.97. The number of halogens is 5. The van der Waals surface area contributed by atoms with E-state index in [1.54, 1.807) is 0 Å². The van der Waals surface area contributed by atoms with Gasteiger partial charge in [0.25, 0.3) is 0 Å². The van der Waals surface area contributed by atoms with Crippen molar-refractivity contribution in [2.75, 3.05) is 26.2 Å². The van der Waals surface area contributed by atoms with Crippen molar-refractivity contribution in [1.82, 2.24) is 15.5 Å². The molecule has 0 aliphatic carbocycles. The smallest absolute Gasteiger partial charge is 0.357 e. The van der Waals surface area contributed by atoms with Gasteiger partial charge in [0.1, 0.15) is 5.82 Å². The van der Waals surface area contributed by atoms with Gasteiger partial charge in [-0.2, -0.15) is 13.2 Å². The van der Waals surface area contributed by atoms with Crippen LogP contribution in [0.4, 0.5) is 17.6 Å². The van der Waals surface area contributed by atoms with Gasteiger partial charge in [-0.1, -0.05) is 12.5 Å². The molecule has 30 heavy (non-hydrogen) atoms. The lowest BCUT2D eigenvalue weighted by Gasteiger charge is -2.20. The van der Waals surface area contributed by atoms with E-state index in [4.69, 9.17) is 0 Å². The van der Waals surface area contributed by atoms with Crippen molar-refractivity contribution in [3.63, 3.8) is 0 Å². The predicted octanol–water partition coefficient (Wildman–Crippen LogP) is 4.31. The van der Waals surface area contributed by atoms with E-state index in [1.807, 2.05) is 11.8 Å². The molecule has 5 nitrogen and oxygen atoms in total. The molecule has 1 amide bonds. The van der Waals surface area contributed by atoms with Gasteiger partial charge in [-0.15, -0.1) is 24.0 Å². The number of aliphatic imine (C=N–C) groups is 1. The second-order valence-electron chi connectivity index (χ2n) is 6.97. The average molecular weight is 544 g/mol. The molecule has 0 radical (unpaired) electrons. The fourth-order valence-electron chi connectivity index (χ4n) is 3.21. The van der Waals surface area contributed by atoms with E-state index in [9.17, 15) is 22.4 Å². The number of amides is 1. The Balaban J connectivity index is 0.00000450. The van der Waals surface area contributed by atoms with E-state index in [0.717, 1.165) is 37.9 Å². The second-order valence-corrected chi connectivity index (χ2v) is 6.97. The fourth-order valence-corrected chi connectivity index (χ4v) is 3.21. The third kappa shape index (κ3) is 8.65. The summed E-state index contributed by atoms with van der Waals surface area (Å²) >= 11 is 0. The second kappa shape index (κ2) is 13.0. The molecular formula is C20H29F4IN4O. The van der Waals surface area contributed by atoms with Crippen LogP contribution in [0.3, 0.4) is 0 Å². The van der Waals surface area contributed by atoms with E-state index in [2.05, 4.69) is 15.6 Å². The van der Waals surface area contributed by atoms with Crippen LogP contribution >= 0.6 is 24.0 Å². The summed E-state index contributed by atoms with van der Waals surface area (Å²) in [4.78, 5) is 18.1. The Kier molecular flexibility index (Phi) is 11.4. The SMILES string of the molecule is CCNC(=NCc1ccc(F)cc1C(F)(F)F)NCCCN1CCCCCC1=O.I. The Bertz CT molecular complexity index is 713. The highest BCUT2D eigenvalue weighted by Crippen LogP contribution is 2.32. The molecule has 1 aromatic rings. The Morgan fingerprint density at radius 2 is 1.97 bits per heavy atom. The van der Waals surface area contributed by atoms with E-state index in [0.29, 0.717) is 44.5 Å². The molecule has 1 fully saturated rings. The molecule has 0 bridgehead atoms. The number of carbonyl (C=O) groups excluding carboxylic acids is 1. The van der Waals surface area contributed by atoms with Crippen molar-refractivity contribution in [1.29, 1.82) is 0 Å². The van der Waals surface area contributed by atoms with Gasteiger partial charge in [0.2, 0.25) is 5.91 Å². The minimum Gasteiger partial charge on any atom is -0.357 e. The molecule has 0 saturated carbocycles. The van der Waals surface area contributed by atoms with Crippen molar-refractivity contribution in [3.05, 3.63) is 35.1 Å². The molecule has 0 unspecified atom stereocenters. The lowest BCUT2D eigenvalue weighted by molar-refractivity contribution is -0.138. The van der Waals surface area contributed by atoms with Crippen LogP contribution in [0.2, 0.25) is 0 Å². The van der Waals surface area contributed by atoms with Crippen molar-refractivity contribution < 1.29 is 22.4 Å². The predicted molar refractivity (Wildman–Crippen MR) is 119 cm³/mol. The maximum atomic E-state index is 13.2. The number of carbonyl (C=O) groups is 1. The normalized spacial score (nSPS) is 15.4. The summed E-state index contributed by atoms with van der Waals surface area (Å²) in [7, 11) is 0. The van der Waals surface area contributed by atoms with E-state index >= 15 is 0 Å². The summed E-state index contributed by atoms with van der Waals surface area (Å²) in [5.41, 5.74) is -1.11. The molecule has 0 aromatic heterocycles. The van der Waals surface area contributed by atoms with Crippen LogP contribution in [0.25, 0.3) is 0 Å². The van der Waals surface area contributed by atoms with Crippen LogP contribution in [0.15, 0.2) is 23.2 Å². The third-order valence-electron chi connectivity index (χ3n) is 4.70. The minimum absolute atomic E-state index is 0. The van der Waals surface area contributed by atoms with Crippen LogP contribution in [-0.4, -0.2) is 42.9 Å². The molecule has 170 valence electrons. The zero-order chi connectivity index (χ0) is 21.3. The summed E-state index contributed by atoms with van der Waals surface area (Å²) in [5.74, 6) is -0.371. The highest BCUT2D eigenvalue weighted by Gasteiger charge is 2.33. The van der Waals surface area contributed by atoms with Crippen molar-refractivity contribution in [2.45, 2.75) is 51.7 Å². The van der Waals surface area contributed by atoms with Crippen LogP contribution in [0, 0.1) is 5.82 Å². The maximum absolute atomic E-state index is 13.2. The monoisotopic (exact) mass is 544 g/mol. The first-order valence-electron chi connectivity index (χ1n) is 9.97. The molecule has 10 heteroatoms. The molecule has 1 aliphatic heterocycles. The number of rotatable bonds is 7. The number of nitrogens with zero attached hydrogens (tertiary/aromatic N) is 2. The maximum Gasteiger partial charge on any atom is 0.416 e. The first-order chi connectivity index (χ1) is 13.8. The van der Waals surface area contributed by atoms with Crippen LogP contribution in [-0.2, 0) is 17.5 Å². The summed E-state index contributed by atoms with van der Waals surface area (Å²) in [6, 6.07) is 2.60. The zero-order valence-electron chi connectivity index (χ0n) is 17.0. The topological polar surface area (TPSA) is 56.7 Å². The molecule has 1 aromatic carbocycles. The van der Waals surface area contributed by atoms with Gasteiger partial charge in [-0.25, -0.2) is 9.38 Å². The zero-order valence-corrected chi connectivity index (χ0v) is 19.4. The van der Waals surface area contributed by atoms with Gasteiger partial charge in [-0.05, 0) is 43.9 Å². The minimum atomic E-state index is -4.64. The number of hydrogen-bond donors (Lipinski definition) is 2. The number of alkyl halides is 3. The summed E-state index contributed by atoms with van der Waals surface area (Å²) in [6.45, 7) is 4.12. The fraction of sp³-hybridized carbons (Fsp3) is 0.600. The lowest BCUT2D eigenvalue weighted by atomic mass is 10.1. The van der Waals surface area contributed by atoms with Crippen molar-refractivity contribution in [2.24, 2.45) is 4.99 Å². The van der Waals surface area contributed by atoms with E-state index in [-0.39, 0.29) is 42.0 Å². The number of benzene rings is 1. The highest BCUT2D eigenvalue weighted by molar-refractivity contribution is 14.0. The quantitative estimate of drug-likeness (QED) is 0.177. The largest absolute Gasteiger partial charge is 0.416 e. The summed E-state index contributed by atoms with van der Waals surface area (Å²) in [6.07, 6.45) is -0.312. The van der Waals surface area contributed by atoms with Gasteiger partial charge in [0.15, 0.2) is 5.96 Å². The number of hydrogen-bond acceptors (Lipinski definition) is 2. The Hall–Kier alpha value is -1.59. The van der Waals surface area contributed by atoms with Crippen molar-refractivity contribution >= 4 is 35.8 Å². The molecule has 0 atom stereocenters. The highest BCUT2D eigenvalue weighted by atomic mass is 127. The van der Waals surface area contributed by atoms with Crippen LogP contribution < -0.4 is 10.6 Å². The first kappa shape index (κ1) is 26.4. The van der Waals surface area contributed by atoms with E-state index < -0.39 is 17.6 Å². The molecular weight excluding hydrogens is 515 g/mol. The van der Waals surface area contributed by atoms with Crippen LogP contribution in [0.5, 0.6) is 0 Å². The van der Waals surface area contributed by atoms with Gasteiger partial charge in [0.05, 0.1) is 12.1 Å². The molecule has 1 saturated heterocycles. The lowest BCUT2D eigenvalue weighted by Crippen LogP contribution is -2.39.